The summed E-state index contributed by atoms with van der Waals surface area (Å²) in [6.07, 6.45) is 4.90. The lowest BCUT2D eigenvalue weighted by Gasteiger charge is -2.60. The molecule has 2 heterocycles. The molecule has 0 radical (unpaired) electrons. The number of amides is 1. The van der Waals surface area contributed by atoms with Gasteiger partial charge in [-0.05, 0) is 97.9 Å². The average Bonchev–Trinajstić information content (AvgIpc) is 2.90. The van der Waals surface area contributed by atoms with Crippen molar-refractivity contribution in [1.29, 1.82) is 0 Å². The largest absolute Gasteiger partial charge is 0.477 e. The Kier molecular flexibility index (Phi) is 7.73. The van der Waals surface area contributed by atoms with Gasteiger partial charge in [-0.1, -0.05) is 44.2 Å². The molecule has 2 fully saturated rings. The number of sulfonamides is 1. The zero-order chi connectivity index (χ0) is 30.5. The van der Waals surface area contributed by atoms with E-state index in [2.05, 4.69) is 39.9 Å². The van der Waals surface area contributed by atoms with E-state index in [1.165, 1.54) is 0 Å². The van der Waals surface area contributed by atoms with E-state index in [9.17, 15) is 13.2 Å². The zero-order valence-electron chi connectivity index (χ0n) is 25.7. The minimum Gasteiger partial charge on any atom is -0.477 e. The molecule has 2 atom stereocenters. The molecule has 1 spiro atoms. The summed E-state index contributed by atoms with van der Waals surface area (Å²) in [4.78, 5) is 21.6. The summed E-state index contributed by atoms with van der Waals surface area (Å²) in [6, 6.07) is 15.2. The molecule has 2 N–H and O–H groups in total. The molecule has 2 aliphatic carbocycles. The van der Waals surface area contributed by atoms with E-state index in [1.54, 1.807) is 13.1 Å². The molecule has 9 heteroatoms. The molecule has 3 aliphatic rings. The van der Waals surface area contributed by atoms with Gasteiger partial charge in [-0.25, -0.2) is 18.1 Å². The van der Waals surface area contributed by atoms with Crippen LogP contribution in [0, 0.1) is 42.9 Å². The fourth-order valence-corrected chi connectivity index (χ4v) is 9.02. The molecule has 43 heavy (non-hydrogen) atoms. The Labute approximate surface area is 255 Å². The lowest BCUT2D eigenvalue weighted by Crippen LogP contribution is -2.53. The van der Waals surface area contributed by atoms with E-state index >= 15 is 0 Å². The molecule has 3 aromatic rings. The predicted molar refractivity (Wildman–Crippen MR) is 167 cm³/mol. The molecule has 1 aromatic heterocycles. The number of carbonyl (C=O) groups is 1. The van der Waals surface area contributed by atoms with Crippen LogP contribution in [0.3, 0.4) is 0 Å². The Morgan fingerprint density at radius 2 is 1.74 bits per heavy atom. The van der Waals surface area contributed by atoms with Crippen LogP contribution in [-0.4, -0.2) is 37.9 Å². The highest BCUT2D eigenvalue weighted by Gasteiger charge is 2.57. The molecule has 2 aromatic carbocycles. The topological polar surface area (TPSA) is 110 Å². The van der Waals surface area contributed by atoms with Crippen LogP contribution in [0.2, 0.25) is 0 Å². The number of ether oxygens (including phenoxy) is 1. The van der Waals surface area contributed by atoms with Crippen LogP contribution in [-0.2, 0) is 14.8 Å². The summed E-state index contributed by atoms with van der Waals surface area (Å²) in [6.45, 7) is 8.95. The third-order valence-electron chi connectivity index (χ3n) is 9.82. The van der Waals surface area contributed by atoms with Gasteiger partial charge in [0, 0.05) is 30.5 Å². The monoisotopic (exact) mass is 602 g/mol. The first kappa shape index (κ1) is 29.6. The van der Waals surface area contributed by atoms with Crippen LogP contribution < -0.4 is 14.8 Å². The van der Waals surface area contributed by atoms with Gasteiger partial charge in [-0.15, -0.1) is 0 Å². The third-order valence-corrected chi connectivity index (χ3v) is 11.1. The SMILES string of the molecule is CNC(=O)C1CC2(C1)CC(C1c3cccc(c3)S(=O)(=O)Nc3nc(cc(-c4c(C)cccc4C)n3)OC[C@H]1CC(C)C)C2. The maximum absolute atomic E-state index is 13.7. The number of anilines is 1. The standard InChI is InChI=1S/C34H42N4O4S/c1-20(2)12-24-19-42-29-14-28(30-21(3)8-6-9-22(30)4)36-33(37-29)38-43(40,41)27-11-7-10-23(13-27)31(24)25-15-34(16-25)17-26(18-34)32(39)35-5/h6-11,13-14,20,24-26,31H,12,15-19H2,1-5H3,(H,35,39)(H,36,37,38)/t24-,25?,26?,31?,34?/m1/s1. The van der Waals surface area contributed by atoms with Crippen LogP contribution >= 0.6 is 0 Å². The second-order valence-electron chi connectivity index (χ2n) is 13.5. The van der Waals surface area contributed by atoms with E-state index in [0.29, 0.717) is 30.0 Å². The maximum atomic E-state index is 13.7. The number of aryl methyl sites for hydroxylation is 2. The fraction of sp³-hybridized carbons (Fsp3) is 0.500. The molecule has 8 nitrogen and oxygen atoms in total. The average molecular weight is 603 g/mol. The highest BCUT2D eigenvalue weighted by atomic mass is 32.2. The summed E-state index contributed by atoms with van der Waals surface area (Å²) < 4.78 is 36.5. The smallest absolute Gasteiger partial charge is 0.264 e. The number of fused-ring (bicyclic) bond motifs is 4. The quantitative estimate of drug-likeness (QED) is 0.357. The Bertz CT molecular complexity index is 1620. The van der Waals surface area contributed by atoms with Crippen molar-refractivity contribution in [3.05, 3.63) is 65.2 Å². The van der Waals surface area contributed by atoms with Gasteiger partial charge < -0.3 is 10.1 Å². The second-order valence-corrected chi connectivity index (χ2v) is 15.2. The van der Waals surface area contributed by atoms with E-state index in [0.717, 1.165) is 54.4 Å². The molecular weight excluding hydrogens is 560 g/mol. The Hall–Kier alpha value is -3.46. The maximum Gasteiger partial charge on any atom is 0.264 e. The van der Waals surface area contributed by atoms with Gasteiger partial charge in [0.2, 0.25) is 17.7 Å². The number of benzene rings is 2. The number of rotatable bonds is 5. The first-order valence-corrected chi connectivity index (χ1v) is 16.9. The van der Waals surface area contributed by atoms with Gasteiger partial charge in [-0.2, -0.15) is 4.98 Å². The Morgan fingerprint density at radius 3 is 2.42 bits per heavy atom. The highest BCUT2D eigenvalue weighted by Crippen LogP contribution is 2.65. The summed E-state index contributed by atoms with van der Waals surface area (Å²) in [5, 5.41) is 2.80. The number of nitrogens with zero attached hydrogens (tertiary/aromatic N) is 2. The summed E-state index contributed by atoms with van der Waals surface area (Å²) in [7, 11) is -2.25. The van der Waals surface area contributed by atoms with Crippen molar-refractivity contribution in [3.8, 4) is 17.1 Å². The van der Waals surface area contributed by atoms with E-state index < -0.39 is 10.0 Å². The van der Waals surface area contributed by atoms with E-state index in [1.807, 2.05) is 50.2 Å². The third kappa shape index (κ3) is 5.76. The van der Waals surface area contributed by atoms with Crippen molar-refractivity contribution >= 4 is 21.9 Å². The molecule has 6 rings (SSSR count). The molecule has 0 saturated heterocycles. The number of carbonyl (C=O) groups excluding carboxylic acids is 1. The molecule has 2 saturated carbocycles. The van der Waals surface area contributed by atoms with Crippen LogP contribution in [0.4, 0.5) is 5.95 Å². The van der Waals surface area contributed by atoms with Gasteiger partial charge in [0.25, 0.3) is 10.0 Å². The van der Waals surface area contributed by atoms with Crippen molar-refractivity contribution in [3.63, 3.8) is 0 Å². The molecule has 1 aliphatic heterocycles. The van der Waals surface area contributed by atoms with Crippen LogP contribution in [0.5, 0.6) is 5.88 Å². The molecular formula is C34H42N4O4S. The van der Waals surface area contributed by atoms with Crippen LogP contribution in [0.25, 0.3) is 11.3 Å². The van der Waals surface area contributed by atoms with Gasteiger partial charge in [-0.3, -0.25) is 4.79 Å². The highest BCUT2D eigenvalue weighted by molar-refractivity contribution is 7.92. The lowest BCUT2D eigenvalue weighted by molar-refractivity contribution is -0.142. The number of hydrogen-bond donors (Lipinski definition) is 2. The van der Waals surface area contributed by atoms with Crippen molar-refractivity contribution in [1.82, 2.24) is 15.3 Å². The summed E-state index contributed by atoms with van der Waals surface area (Å²) >= 11 is 0. The summed E-state index contributed by atoms with van der Waals surface area (Å²) in [5.41, 5.74) is 4.90. The summed E-state index contributed by atoms with van der Waals surface area (Å²) in [5.74, 6) is 1.70. The van der Waals surface area contributed by atoms with Crippen LogP contribution in [0.1, 0.15) is 68.6 Å². The van der Waals surface area contributed by atoms with Crippen molar-refractivity contribution in [2.24, 2.45) is 29.1 Å². The number of nitrogens with one attached hydrogen (secondary N) is 2. The first-order chi connectivity index (χ1) is 20.5. The van der Waals surface area contributed by atoms with Gasteiger partial charge in [0.15, 0.2) is 0 Å². The fourth-order valence-electron chi connectivity index (χ4n) is 8.02. The van der Waals surface area contributed by atoms with Crippen LogP contribution in [0.15, 0.2) is 53.4 Å². The number of hydrogen-bond acceptors (Lipinski definition) is 6. The first-order valence-electron chi connectivity index (χ1n) is 15.4. The van der Waals surface area contributed by atoms with Gasteiger partial charge in [0.05, 0.1) is 17.2 Å². The molecule has 1 amide bonds. The van der Waals surface area contributed by atoms with Crippen molar-refractivity contribution < 1.29 is 17.9 Å². The Balaban J connectivity index is 1.39. The molecule has 4 bridgehead atoms. The zero-order valence-corrected chi connectivity index (χ0v) is 26.5. The van der Waals surface area contributed by atoms with Crippen molar-refractivity contribution in [2.75, 3.05) is 18.4 Å². The normalized spacial score (nSPS) is 27.5. The van der Waals surface area contributed by atoms with Gasteiger partial charge >= 0.3 is 0 Å². The lowest BCUT2D eigenvalue weighted by atomic mass is 9.45. The molecule has 228 valence electrons. The molecule has 1 unspecified atom stereocenters. The Morgan fingerprint density at radius 1 is 1.05 bits per heavy atom. The predicted octanol–water partition coefficient (Wildman–Crippen LogP) is 6.25. The minimum atomic E-state index is -3.96. The minimum absolute atomic E-state index is 0.00493. The van der Waals surface area contributed by atoms with Crippen molar-refractivity contribution in [2.45, 2.75) is 70.6 Å². The van der Waals surface area contributed by atoms with E-state index in [4.69, 9.17) is 4.74 Å². The number of aromatic nitrogens is 2. The van der Waals surface area contributed by atoms with E-state index in [-0.39, 0.29) is 39.9 Å². The second kappa shape index (κ2) is 11.2. The van der Waals surface area contributed by atoms with Gasteiger partial charge in [0.1, 0.15) is 0 Å².